The van der Waals surface area contributed by atoms with Crippen LogP contribution in [0.4, 0.5) is 0 Å². The van der Waals surface area contributed by atoms with E-state index < -0.39 is 38.9 Å². The minimum absolute atomic E-state index is 0.0381. The van der Waals surface area contributed by atoms with Gasteiger partial charge in [0.1, 0.15) is 17.5 Å². The molecule has 1 saturated carbocycles. The average Bonchev–Trinajstić information content (AvgIpc) is 2.35. The van der Waals surface area contributed by atoms with Gasteiger partial charge in [0, 0.05) is 0 Å². The molecule has 1 saturated heterocycles. The van der Waals surface area contributed by atoms with E-state index >= 15 is 0 Å². The van der Waals surface area contributed by atoms with Crippen LogP contribution in [-0.4, -0.2) is 55.4 Å². The zero-order chi connectivity index (χ0) is 15.9. The quantitative estimate of drug-likeness (QED) is 0.583. The first kappa shape index (κ1) is 16.7. The second-order valence-electron chi connectivity index (χ2n) is 6.42. The first-order valence-corrected chi connectivity index (χ1v) is 8.74. The third-order valence-electron chi connectivity index (χ3n) is 4.48. The van der Waals surface area contributed by atoms with Gasteiger partial charge in [-0.05, 0) is 39.0 Å². The molecule has 0 radical (unpaired) electrons. The lowest BCUT2D eigenvalue weighted by atomic mass is 9.71. The van der Waals surface area contributed by atoms with Gasteiger partial charge in [-0.15, -0.1) is 0 Å². The third-order valence-corrected chi connectivity index (χ3v) is 6.17. The number of hydrogen-bond acceptors (Lipinski definition) is 7. The molecule has 0 amide bonds. The number of carbonyl (C=O) groups is 1. The molecule has 2 fully saturated rings. The first-order chi connectivity index (χ1) is 9.58. The van der Waals surface area contributed by atoms with Crippen LogP contribution in [0.3, 0.4) is 0 Å². The van der Waals surface area contributed by atoms with Crippen LogP contribution in [0.5, 0.6) is 0 Å². The molecule has 0 spiro atoms. The van der Waals surface area contributed by atoms with Crippen molar-refractivity contribution in [3.8, 4) is 0 Å². The molecule has 0 aromatic carbocycles. The van der Waals surface area contributed by atoms with Crippen molar-refractivity contribution < 1.29 is 32.8 Å². The van der Waals surface area contributed by atoms with Gasteiger partial charge in [0.25, 0.3) is 0 Å². The predicted octanol–water partition coefficient (Wildman–Crippen LogP) is 0.214. The van der Waals surface area contributed by atoms with Gasteiger partial charge in [-0.2, -0.15) is 0 Å². The van der Waals surface area contributed by atoms with Gasteiger partial charge in [0.15, 0.2) is 9.84 Å². The van der Waals surface area contributed by atoms with Crippen LogP contribution in [0.25, 0.3) is 0 Å². The lowest BCUT2D eigenvalue weighted by Crippen LogP contribution is -2.58. The molecule has 7 nitrogen and oxygen atoms in total. The fourth-order valence-electron chi connectivity index (χ4n) is 3.06. The van der Waals surface area contributed by atoms with Gasteiger partial charge in [0.2, 0.25) is 0 Å². The molecule has 0 aromatic heterocycles. The van der Waals surface area contributed by atoms with Gasteiger partial charge in [-0.3, -0.25) is 4.79 Å². The maximum atomic E-state index is 12.1. The number of ether oxygens (including phenoxy) is 1. The highest BCUT2D eigenvalue weighted by Gasteiger charge is 2.53. The number of carbonyl (C=O) groups excluding carboxylic acids is 1. The van der Waals surface area contributed by atoms with Crippen molar-refractivity contribution in [1.82, 2.24) is 0 Å². The summed E-state index contributed by atoms with van der Waals surface area (Å²) < 4.78 is 28.5. The third kappa shape index (κ3) is 3.56. The van der Waals surface area contributed by atoms with Crippen molar-refractivity contribution in [3.05, 3.63) is 0 Å². The van der Waals surface area contributed by atoms with Crippen molar-refractivity contribution in [3.63, 3.8) is 0 Å². The topological polar surface area (TPSA) is 99.1 Å². The molecule has 3 unspecified atom stereocenters. The summed E-state index contributed by atoms with van der Waals surface area (Å²) in [7, 11) is -2.51. The molecule has 21 heavy (non-hydrogen) atoms. The second kappa shape index (κ2) is 5.49. The number of sulfone groups is 1. The molecule has 1 aliphatic heterocycles. The highest BCUT2D eigenvalue weighted by atomic mass is 32.2. The summed E-state index contributed by atoms with van der Waals surface area (Å²) in [6.45, 7) is 3.36. The second-order valence-corrected chi connectivity index (χ2v) is 8.48. The van der Waals surface area contributed by atoms with Crippen molar-refractivity contribution in [2.75, 3.05) is 18.6 Å². The van der Waals surface area contributed by atoms with Crippen LogP contribution in [0.1, 0.15) is 33.1 Å². The zero-order valence-electron chi connectivity index (χ0n) is 12.5. The van der Waals surface area contributed by atoms with Crippen LogP contribution in [0.15, 0.2) is 0 Å². The zero-order valence-corrected chi connectivity index (χ0v) is 13.3. The van der Waals surface area contributed by atoms with Crippen molar-refractivity contribution in [2.45, 2.75) is 50.4 Å². The Kier molecular flexibility index (Phi) is 4.36. The summed E-state index contributed by atoms with van der Waals surface area (Å²) in [6, 6.07) is 0. The number of methoxy groups -OCH3 is 1. The van der Waals surface area contributed by atoms with E-state index in [1.165, 1.54) is 0 Å². The first-order valence-electron chi connectivity index (χ1n) is 6.92. The van der Waals surface area contributed by atoms with Gasteiger partial charge in [-0.1, -0.05) is 0 Å². The van der Waals surface area contributed by atoms with Gasteiger partial charge in [-0.25, -0.2) is 18.2 Å². The van der Waals surface area contributed by atoms with Crippen LogP contribution in [0, 0.1) is 5.92 Å². The molecular formula is C13H22O7S. The van der Waals surface area contributed by atoms with Gasteiger partial charge >= 0.3 is 5.97 Å². The monoisotopic (exact) mass is 322 g/mol. The largest absolute Gasteiger partial charge is 0.468 e. The fourth-order valence-corrected chi connectivity index (χ4v) is 4.80. The molecule has 2 rings (SSSR count). The minimum Gasteiger partial charge on any atom is -0.468 e. The predicted molar refractivity (Wildman–Crippen MR) is 73.0 cm³/mol. The molecule has 0 aromatic rings. The standard InChI is InChI=1S/C13H22O7S/c1-12(15)5-4-9-6-10(12)19-20-13(9,2)8-21(16,17)7-11(14)18-3/h9-10,15H,4-8H2,1-3H3/t9?,10?,12?,13-/m0/s1. The average molecular weight is 322 g/mol. The Morgan fingerprint density at radius 3 is 2.71 bits per heavy atom. The summed E-state index contributed by atoms with van der Waals surface area (Å²) in [5, 5.41) is 10.2. The van der Waals surface area contributed by atoms with E-state index in [0.717, 1.165) is 7.11 Å². The van der Waals surface area contributed by atoms with Crippen LogP contribution >= 0.6 is 0 Å². The lowest BCUT2D eigenvalue weighted by molar-refractivity contribution is -0.441. The van der Waals surface area contributed by atoms with Crippen molar-refractivity contribution in [1.29, 1.82) is 0 Å². The molecule has 4 atom stereocenters. The molecule has 1 aliphatic carbocycles. The Balaban J connectivity index is 2.09. The highest BCUT2D eigenvalue weighted by molar-refractivity contribution is 7.92. The van der Waals surface area contributed by atoms with E-state index in [1.54, 1.807) is 13.8 Å². The van der Waals surface area contributed by atoms with Gasteiger partial charge < -0.3 is 9.84 Å². The summed E-state index contributed by atoms with van der Waals surface area (Å²) in [6.07, 6.45) is 1.26. The Hall–Kier alpha value is -0.700. The van der Waals surface area contributed by atoms with Crippen molar-refractivity contribution in [2.24, 2.45) is 5.92 Å². The van der Waals surface area contributed by atoms with Crippen LogP contribution < -0.4 is 0 Å². The molecular weight excluding hydrogens is 300 g/mol. The van der Waals surface area contributed by atoms with E-state index in [0.29, 0.717) is 19.3 Å². The van der Waals surface area contributed by atoms with Crippen molar-refractivity contribution >= 4 is 15.8 Å². The lowest BCUT2D eigenvalue weighted by Gasteiger charge is -2.50. The smallest absolute Gasteiger partial charge is 0.320 e. The van der Waals surface area contributed by atoms with E-state index in [2.05, 4.69) is 4.74 Å². The summed E-state index contributed by atoms with van der Waals surface area (Å²) in [4.78, 5) is 21.7. The normalized spacial score (nSPS) is 39.8. The summed E-state index contributed by atoms with van der Waals surface area (Å²) in [5.74, 6) is -1.81. The van der Waals surface area contributed by atoms with E-state index in [4.69, 9.17) is 9.78 Å². The Bertz CT molecular complexity index is 513. The molecule has 2 aliphatic rings. The van der Waals surface area contributed by atoms with Crippen LogP contribution in [0.2, 0.25) is 0 Å². The summed E-state index contributed by atoms with van der Waals surface area (Å²) >= 11 is 0. The minimum atomic E-state index is -3.66. The number of esters is 1. The number of fused-ring (bicyclic) bond motifs is 2. The number of rotatable bonds is 4. The number of aliphatic hydroxyl groups is 1. The molecule has 2 bridgehead atoms. The molecule has 8 heteroatoms. The van der Waals surface area contributed by atoms with Gasteiger partial charge in [0.05, 0.1) is 18.5 Å². The molecule has 1 N–H and O–H groups in total. The fraction of sp³-hybridized carbons (Fsp3) is 0.923. The van der Waals surface area contributed by atoms with E-state index in [9.17, 15) is 18.3 Å². The maximum Gasteiger partial charge on any atom is 0.320 e. The number of hydrogen-bond donors (Lipinski definition) is 1. The Morgan fingerprint density at radius 2 is 2.10 bits per heavy atom. The Morgan fingerprint density at radius 1 is 1.43 bits per heavy atom. The van der Waals surface area contributed by atoms with Crippen LogP contribution in [-0.2, 0) is 29.1 Å². The Labute approximate surface area is 124 Å². The summed E-state index contributed by atoms with van der Waals surface area (Å²) in [5.41, 5.74) is -1.97. The highest BCUT2D eigenvalue weighted by Crippen LogP contribution is 2.45. The SMILES string of the molecule is COC(=O)CS(=O)(=O)C[C@]1(C)OOC2CC1CCC2(C)O. The maximum absolute atomic E-state index is 12.1. The molecule has 1 heterocycles. The van der Waals surface area contributed by atoms with E-state index in [1.807, 2.05) is 0 Å². The van der Waals surface area contributed by atoms with E-state index in [-0.39, 0.29) is 11.7 Å². The molecule has 122 valence electrons.